The number of thiophene rings is 1. The first-order chi connectivity index (χ1) is 16.6. The smallest absolute Gasteiger partial charge is 0.240 e. The van der Waals surface area contributed by atoms with Gasteiger partial charge in [0.05, 0.1) is 11.3 Å². The van der Waals surface area contributed by atoms with E-state index in [1.54, 1.807) is 16.2 Å². The van der Waals surface area contributed by atoms with Crippen molar-refractivity contribution in [3.05, 3.63) is 65.0 Å². The summed E-state index contributed by atoms with van der Waals surface area (Å²) in [5, 5.41) is 3.54. The standard InChI is InChI=1S/C28H31N3O2S/c1-20-7-9-21(10-8-20)28-19-23(28)26(32)31(27(28)33)13-3-2-12-29-14-16-30(17-15-29)24-5-4-6-25-22(24)11-18-34-25/h4-11,18,23H,2-3,12-17,19H2,1H3. The number of hydrogen-bond acceptors (Lipinski definition) is 5. The summed E-state index contributed by atoms with van der Waals surface area (Å²) in [6, 6.07) is 17.0. The van der Waals surface area contributed by atoms with Gasteiger partial charge in [-0.2, -0.15) is 0 Å². The number of likely N-dealkylation sites (tertiary alicyclic amines) is 1. The number of fused-ring (bicyclic) bond motifs is 2. The zero-order valence-corrected chi connectivity index (χ0v) is 20.5. The molecular formula is C28H31N3O2S. The monoisotopic (exact) mass is 473 g/mol. The molecule has 3 aromatic rings. The summed E-state index contributed by atoms with van der Waals surface area (Å²) in [7, 11) is 0. The minimum atomic E-state index is -0.563. The van der Waals surface area contributed by atoms with E-state index < -0.39 is 5.41 Å². The molecule has 6 heteroatoms. The summed E-state index contributed by atoms with van der Waals surface area (Å²) < 4.78 is 1.35. The van der Waals surface area contributed by atoms with Gasteiger partial charge < -0.3 is 4.90 Å². The number of piperazine rings is 1. The maximum absolute atomic E-state index is 13.2. The Labute approximate surface area is 205 Å². The van der Waals surface area contributed by atoms with Crippen LogP contribution >= 0.6 is 11.3 Å². The summed E-state index contributed by atoms with van der Waals surface area (Å²) in [5.74, 6) is -0.0622. The van der Waals surface area contributed by atoms with Gasteiger partial charge in [0.1, 0.15) is 0 Å². The van der Waals surface area contributed by atoms with Gasteiger partial charge in [0, 0.05) is 48.5 Å². The Morgan fingerprint density at radius 1 is 0.941 bits per heavy atom. The van der Waals surface area contributed by atoms with Gasteiger partial charge in [-0.1, -0.05) is 35.9 Å². The van der Waals surface area contributed by atoms with Gasteiger partial charge in [0.25, 0.3) is 0 Å². The molecule has 0 bridgehead atoms. The highest BCUT2D eigenvalue weighted by molar-refractivity contribution is 7.17. The number of imide groups is 1. The van der Waals surface area contributed by atoms with Gasteiger partial charge in [-0.3, -0.25) is 19.4 Å². The molecule has 3 aliphatic rings. The predicted octanol–water partition coefficient (Wildman–Crippen LogP) is 4.44. The Morgan fingerprint density at radius 2 is 1.71 bits per heavy atom. The Hall–Kier alpha value is -2.70. The number of unbranched alkanes of at least 4 members (excludes halogenated alkanes) is 1. The SMILES string of the molecule is Cc1ccc(C23CC2C(=O)N(CCCCN2CCN(c4cccc5sccc45)CC2)C3=O)cc1. The van der Waals surface area contributed by atoms with Crippen LogP contribution in [-0.4, -0.2) is 60.9 Å². The van der Waals surface area contributed by atoms with Gasteiger partial charge in [-0.25, -0.2) is 0 Å². The fourth-order valence-corrected chi connectivity index (χ4v) is 6.71. The lowest BCUT2D eigenvalue weighted by molar-refractivity contribution is -0.141. The Bertz CT molecular complexity index is 1230. The minimum Gasteiger partial charge on any atom is -0.368 e. The lowest BCUT2D eigenvalue weighted by Crippen LogP contribution is -2.46. The largest absolute Gasteiger partial charge is 0.368 e. The number of benzene rings is 2. The first-order valence-corrected chi connectivity index (χ1v) is 13.3. The van der Waals surface area contributed by atoms with E-state index in [0.717, 1.165) is 51.1 Å². The van der Waals surface area contributed by atoms with E-state index in [0.29, 0.717) is 13.0 Å². The Morgan fingerprint density at radius 3 is 2.50 bits per heavy atom. The van der Waals surface area contributed by atoms with E-state index >= 15 is 0 Å². The second-order valence-corrected chi connectivity index (χ2v) is 11.0. The molecule has 2 aromatic carbocycles. The summed E-state index contributed by atoms with van der Waals surface area (Å²) >= 11 is 1.80. The molecule has 176 valence electrons. The van der Waals surface area contributed by atoms with Gasteiger partial charge in [-0.05, 0) is 61.9 Å². The van der Waals surface area contributed by atoms with Crippen LogP contribution in [0.4, 0.5) is 5.69 Å². The van der Waals surface area contributed by atoms with Crippen LogP contribution in [0.3, 0.4) is 0 Å². The van der Waals surface area contributed by atoms with Crippen molar-refractivity contribution in [3.8, 4) is 0 Å². The van der Waals surface area contributed by atoms with Crippen LogP contribution in [0, 0.1) is 12.8 Å². The van der Waals surface area contributed by atoms with Crippen LogP contribution in [-0.2, 0) is 15.0 Å². The van der Waals surface area contributed by atoms with Crippen LogP contribution in [0.25, 0.3) is 10.1 Å². The van der Waals surface area contributed by atoms with Crippen LogP contribution in [0.1, 0.15) is 30.4 Å². The van der Waals surface area contributed by atoms with Crippen molar-refractivity contribution >= 4 is 38.9 Å². The number of amides is 2. The van der Waals surface area contributed by atoms with Gasteiger partial charge in [0.2, 0.25) is 11.8 Å². The van der Waals surface area contributed by atoms with E-state index in [1.165, 1.54) is 21.3 Å². The maximum Gasteiger partial charge on any atom is 0.240 e. The lowest BCUT2D eigenvalue weighted by Gasteiger charge is -2.36. The Balaban J connectivity index is 0.986. The van der Waals surface area contributed by atoms with Crippen LogP contribution in [0.2, 0.25) is 0 Å². The average molecular weight is 474 g/mol. The molecule has 2 atom stereocenters. The highest BCUT2D eigenvalue weighted by atomic mass is 32.1. The normalized spacial score (nSPS) is 24.8. The van der Waals surface area contributed by atoms with Crippen molar-refractivity contribution < 1.29 is 9.59 Å². The van der Waals surface area contributed by atoms with Crippen molar-refractivity contribution in [2.45, 2.75) is 31.6 Å². The van der Waals surface area contributed by atoms with Crippen molar-refractivity contribution in [2.24, 2.45) is 5.92 Å². The molecule has 0 radical (unpaired) electrons. The summed E-state index contributed by atoms with van der Waals surface area (Å²) in [6.45, 7) is 7.82. The number of carbonyl (C=O) groups is 2. The van der Waals surface area contributed by atoms with E-state index in [9.17, 15) is 9.59 Å². The van der Waals surface area contributed by atoms with Gasteiger partial charge in [0.15, 0.2) is 0 Å². The fraction of sp³-hybridized carbons (Fsp3) is 0.429. The molecule has 34 heavy (non-hydrogen) atoms. The summed E-state index contributed by atoms with van der Waals surface area (Å²) in [4.78, 5) is 32.6. The van der Waals surface area contributed by atoms with E-state index in [4.69, 9.17) is 0 Å². The van der Waals surface area contributed by atoms with Crippen molar-refractivity contribution in [1.29, 1.82) is 0 Å². The number of rotatable bonds is 7. The highest BCUT2D eigenvalue weighted by Gasteiger charge is 2.72. The molecule has 3 fully saturated rings. The lowest BCUT2D eigenvalue weighted by atomic mass is 9.93. The molecule has 3 heterocycles. The first kappa shape index (κ1) is 21.8. The molecule has 1 aliphatic carbocycles. The van der Waals surface area contributed by atoms with Crippen LogP contribution < -0.4 is 4.90 Å². The molecule has 2 aliphatic heterocycles. The third-order valence-corrected chi connectivity index (χ3v) is 8.89. The molecule has 2 saturated heterocycles. The van der Waals surface area contributed by atoms with Crippen molar-refractivity contribution in [3.63, 3.8) is 0 Å². The maximum atomic E-state index is 13.2. The number of carbonyl (C=O) groups excluding carboxylic acids is 2. The second kappa shape index (κ2) is 8.51. The number of anilines is 1. The molecule has 0 spiro atoms. The third-order valence-electron chi connectivity index (χ3n) is 8.01. The second-order valence-electron chi connectivity index (χ2n) is 10.0. The molecule has 6 rings (SSSR count). The molecule has 5 nitrogen and oxygen atoms in total. The molecule has 2 amide bonds. The molecule has 1 aromatic heterocycles. The zero-order chi connectivity index (χ0) is 23.3. The number of aryl methyl sites for hydroxylation is 1. The van der Waals surface area contributed by atoms with Gasteiger partial charge >= 0.3 is 0 Å². The molecule has 1 saturated carbocycles. The third kappa shape index (κ3) is 3.55. The average Bonchev–Trinajstić information content (AvgIpc) is 3.36. The van der Waals surface area contributed by atoms with E-state index in [2.05, 4.69) is 39.4 Å². The minimum absolute atomic E-state index is 0.0302. The highest BCUT2D eigenvalue weighted by Crippen LogP contribution is 2.60. The van der Waals surface area contributed by atoms with Crippen molar-refractivity contribution in [2.75, 3.05) is 44.2 Å². The predicted molar refractivity (Wildman–Crippen MR) is 137 cm³/mol. The zero-order valence-electron chi connectivity index (χ0n) is 19.7. The summed E-state index contributed by atoms with van der Waals surface area (Å²) in [6.07, 6.45) is 2.58. The number of piperidine rings is 1. The fourth-order valence-electron chi connectivity index (χ4n) is 5.90. The van der Waals surface area contributed by atoms with Crippen LogP contribution in [0.5, 0.6) is 0 Å². The Kier molecular flexibility index (Phi) is 5.46. The van der Waals surface area contributed by atoms with Gasteiger partial charge in [-0.15, -0.1) is 11.3 Å². The van der Waals surface area contributed by atoms with Crippen LogP contribution in [0.15, 0.2) is 53.9 Å². The van der Waals surface area contributed by atoms with Crippen molar-refractivity contribution in [1.82, 2.24) is 9.80 Å². The summed E-state index contributed by atoms with van der Waals surface area (Å²) in [5.41, 5.74) is 2.98. The van der Waals surface area contributed by atoms with E-state index in [1.807, 2.05) is 31.2 Å². The number of hydrogen-bond donors (Lipinski definition) is 0. The molecule has 0 N–H and O–H groups in total. The molecule has 2 unspecified atom stereocenters. The molecular weight excluding hydrogens is 442 g/mol. The topological polar surface area (TPSA) is 43.9 Å². The van der Waals surface area contributed by atoms with E-state index in [-0.39, 0.29) is 17.7 Å². The number of nitrogens with zero attached hydrogens (tertiary/aromatic N) is 3. The quantitative estimate of drug-likeness (QED) is 0.376. The first-order valence-electron chi connectivity index (χ1n) is 12.4.